The number of hydrogen-bond donors (Lipinski definition) is 0. The van der Waals surface area contributed by atoms with Crippen molar-refractivity contribution in [2.45, 2.75) is 144 Å². The first kappa shape index (κ1) is 65.9. The van der Waals surface area contributed by atoms with E-state index in [0.717, 1.165) is 110 Å². The molecule has 7 heterocycles. The Labute approximate surface area is 414 Å². The highest BCUT2D eigenvalue weighted by Crippen LogP contribution is 2.17. The second-order valence-corrected chi connectivity index (χ2v) is 14.9. The van der Waals surface area contributed by atoms with Gasteiger partial charge in [0.05, 0.1) is 6.42 Å². The van der Waals surface area contributed by atoms with Crippen LogP contribution in [-0.2, 0) is 33.6 Å². The van der Waals surface area contributed by atoms with E-state index >= 15 is 0 Å². The van der Waals surface area contributed by atoms with Crippen molar-refractivity contribution in [3.05, 3.63) is 37.8 Å². The molecule has 2 atom stereocenters. The van der Waals surface area contributed by atoms with Crippen molar-refractivity contribution in [3.63, 3.8) is 0 Å². The third-order valence-electron chi connectivity index (χ3n) is 10.9. The molecule has 7 saturated heterocycles. The highest BCUT2D eigenvalue weighted by atomic mass is 79.9. The van der Waals surface area contributed by atoms with Crippen LogP contribution in [-0.4, -0.2) is 146 Å². The van der Waals surface area contributed by atoms with E-state index in [1.54, 1.807) is 31.7 Å². The van der Waals surface area contributed by atoms with Gasteiger partial charge in [-0.1, -0.05) is 28.0 Å². The lowest BCUT2D eigenvalue weighted by Gasteiger charge is -2.21. The van der Waals surface area contributed by atoms with Gasteiger partial charge in [0.1, 0.15) is 0 Å². The van der Waals surface area contributed by atoms with Crippen molar-refractivity contribution >= 4 is 81.5 Å². The summed E-state index contributed by atoms with van der Waals surface area (Å²) in [4.78, 5) is 88.5. The summed E-state index contributed by atoms with van der Waals surface area (Å²) in [5.41, 5.74) is 0. The molecular weight excluding hydrogens is 1060 g/mol. The Balaban J connectivity index is -0.000000343. The number of hydrogen-bond acceptors (Lipinski definition) is 7. The van der Waals surface area contributed by atoms with Crippen LogP contribution >= 0.6 is 34.0 Å². The van der Waals surface area contributed by atoms with E-state index in [1.807, 2.05) is 47.0 Å². The van der Waals surface area contributed by atoms with Crippen LogP contribution in [0.15, 0.2) is 37.8 Å². The molecule has 0 spiro atoms. The Kier molecular flexibility index (Phi) is 37.9. The van der Waals surface area contributed by atoms with Crippen molar-refractivity contribution in [1.82, 2.24) is 29.4 Å². The molecule has 14 nitrogen and oxygen atoms in total. The molecule has 7 aliphatic rings. The fourth-order valence-corrected chi connectivity index (χ4v) is 7.43. The Morgan fingerprint density at radius 1 is 0.565 bits per heavy atom. The number of nitrogens with zero attached hydrogens (tertiary/aromatic N) is 7. The molecule has 7 amide bonds. The van der Waals surface area contributed by atoms with Crippen molar-refractivity contribution in [1.29, 1.82) is 0 Å². The summed E-state index contributed by atoms with van der Waals surface area (Å²) in [5.74, 6) is 1.64. The minimum atomic E-state index is 0. The fraction of sp³-hybridized carbons (Fsp3) is 0.682. The van der Waals surface area contributed by atoms with Crippen molar-refractivity contribution in [2.24, 2.45) is 0 Å². The Bertz CT molecular complexity index is 1470. The van der Waals surface area contributed by atoms with Gasteiger partial charge in [0.25, 0.3) is 0 Å². The van der Waals surface area contributed by atoms with Gasteiger partial charge in [-0.2, -0.15) is 4.58 Å². The predicted octanol–water partition coefficient (Wildman–Crippen LogP) is 0.494. The molecule has 7 rings (SSSR count). The van der Waals surface area contributed by atoms with Crippen LogP contribution in [0, 0.1) is 0 Å². The molecule has 0 aliphatic carbocycles. The molecular formula is C44H76Br4N7O7-. The molecule has 0 aromatic heterocycles. The number of carbonyl (C=O) groups excluding carboxylic acids is 7. The van der Waals surface area contributed by atoms with Gasteiger partial charge in [-0.25, -0.2) is 4.79 Å². The molecule has 18 heteroatoms. The van der Waals surface area contributed by atoms with Crippen LogP contribution in [0.4, 0.5) is 0 Å². The molecule has 0 saturated carbocycles. The zero-order valence-corrected chi connectivity index (χ0v) is 42.4. The second kappa shape index (κ2) is 35.6. The first-order valence-electron chi connectivity index (χ1n) is 20.7. The maximum Gasteiger partial charge on any atom is 0.386 e. The van der Waals surface area contributed by atoms with E-state index < -0.39 is 0 Å². The highest BCUT2D eigenvalue weighted by molar-refractivity contribution is 8.93. The van der Waals surface area contributed by atoms with E-state index in [-0.39, 0.29) is 130 Å². The smallest absolute Gasteiger partial charge is 0.386 e. The lowest BCUT2D eigenvalue weighted by atomic mass is 10.2. The molecule has 0 radical (unpaired) electrons. The van der Waals surface area contributed by atoms with E-state index in [1.165, 1.54) is 0 Å². The topological polar surface area (TPSA) is 142 Å². The predicted molar refractivity (Wildman–Crippen MR) is 249 cm³/mol. The normalized spacial score (nSPS) is 20.4. The largest absolute Gasteiger partial charge is 1.00 e. The van der Waals surface area contributed by atoms with Crippen molar-refractivity contribution < 1.29 is 72.1 Å². The lowest BCUT2D eigenvalue weighted by Crippen LogP contribution is -3.00. The van der Waals surface area contributed by atoms with E-state index in [0.29, 0.717) is 44.4 Å². The highest BCUT2D eigenvalue weighted by Gasteiger charge is 2.28. The molecule has 7 aliphatic heterocycles. The molecule has 0 N–H and O–H groups in total. The van der Waals surface area contributed by atoms with Crippen LogP contribution in [0.25, 0.3) is 0 Å². The van der Waals surface area contributed by atoms with Crippen LogP contribution in [0.1, 0.15) is 132 Å². The minimum Gasteiger partial charge on any atom is -1.00 e. The third-order valence-corrected chi connectivity index (χ3v) is 10.9. The second-order valence-electron chi connectivity index (χ2n) is 14.9. The van der Waals surface area contributed by atoms with Crippen molar-refractivity contribution in [2.75, 3.05) is 52.4 Å². The first-order chi connectivity index (χ1) is 26.9. The maximum atomic E-state index is 11.5. The van der Waals surface area contributed by atoms with Gasteiger partial charge in [0.15, 0.2) is 12.8 Å². The fourth-order valence-electron chi connectivity index (χ4n) is 7.43. The summed E-state index contributed by atoms with van der Waals surface area (Å²) in [7, 11) is 0. The number of amides is 7. The number of rotatable bonds is 9. The van der Waals surface area contributed by atoms with Gasteiger partial charge >= 0.3 is 5.91 Å². The summed E-state index contributed by atoms with van der Waals surface area (Å²) >= 11 is 0. The van der Waals surface area contributed by atoms with Crippen LogP contribution < -0.4 is 34.0 Å². The van der Waals surface area contributed by atoms with E-state index in [4.69, 9.17) is 0 Å². The van der Waals surface area contributed by atoms with Gasteiger partial charge in [-0.05, 0) is 77.8 Å². The molecule has 0 aromatic rings. The van der Waals surface area contributed by atoms with Crippen molar-refractivity contribution in [3.8, 4) is 0 Å². The van der Waals surface area contributed by atoms with E-state index in [9.17, 15) is 33.6 Å². The number of halogens is 4. The van der Waals surface area contributed by atoms with Crippen LogP contribution in [0.5, 0.6) is 0 Å². The Hall–Kier alpha value is -2.70. The van der Waals surface area contributed by atoms with Gasteiger partial charge in [-0.15, -0.1) is 34.0 Å². The molecule has 0 bridgehead atoms. The average Bonchev–Trinajstić information content (AvgIpc) is 4.05. The number of carbonyl (C=O) groups is 7. The minimum absolute atomic E-state index is 0. The monoisotopic (exact) mass is 1130 g/mol. The SMILES string of the molecule is Br.Br.C.C.C=CN1CCCC1=O.C=CN1CCCC1=O.CC(/C=C/N1CCCC1=O)N1CCCC1=O.CC(CC=[N+]1CCCC1=O)N1CCCC1=O.CCN1CCCC1=O.[Br-].[Br-]. The quantitative estimate of drug-likeness (QED) is 0.307. The molecule has 2 unspecified atom stereocenters. The summed E-state index contributed by atoms with van der Waals surface area (Å²) in [6, 6.07) is 0.326. The third kappa shape index (κ3) is 21.8. The zero-order chi connectivity index (χ0) is 41.0. The molecule has 358 valence electrons. The molecule has 7 fully saturated rings. The first-order valence-corrected chi connectivity index (χ1v) is 20.7. The van der Waals surface area contributed by atoms with Gasteiger partial charge in [0.2, 0.25) is 35.4 Å². The number of likely N-dealkylation sites (tertiary alicyclic amines) is 6. The lowest BCUT2D eigenvalue weighted by molar-refractivity contribution is -0.429. The van der Waals surface area contributed by atoms with Gasteiger partial charge in [-0.3, -0.25) is 28.8 Å². The maximum absolute atomic E-state index is 11.5. The summed E-state index contributed by atoms with van der Waals surface area (Å²) in [6.45, 7) is 20.1. The Morgan fingerprint density at radius 3 is 1.31 bits per heavy atom. The summed E-state index contributed by atoms with van der Waals surface area (Å²) in [5, 5.41) is 0. The Morgan fingerprint density at radius 2 is 0.984 bits per heavy atom. The van der Waals surface area contributed by atoms with Crippen LogP contribution in [0.2, 0.25) is 0 Å². The van der Waals surface area contributed by atoms with Gasteiger partial charge in [0, 0.05) is 115 Å². The molecule has 62 heavy (non-hydrogen) atoms. The summed E-state index contributed by atoms with van der Waals surface area (Å²) < 4.78 is 1.80. The molecule has 0 aromatic carbocycles. The summed E-state index contributed by atoms with van der Waals surface area (Å²) in [6.07, 6.45) is 21.5. The van der Waals surface area contributed by atoms with Gasteiger partial charge < -0.3 is 63.4 Å². The zero-order valence-electron chi connectivity index (χ0n) is 35.8. The average molecular weight is 1130 g/mol. The van der Waals surface area contributed by atoms with E-state index in [2.05, 4.69) is 20.1 Å². The van der Waals surface area contributed by atoms with Crippen LogP contribution in [0.3, 0.4) is 0 Å². The standard InChI is InChI=1S/C12H19N2O2.C12H18N2O2.C6H11NO.2C6H9NO.2CH4.4BrH/c2*1-10(14-8-3-5-12(14)16)6-9-13-7-2-4-11(13)15;3*1-2-7-5-3-4-6(7)8;;;;;;/h9-10H,2-8H2,1H3;6,9-10H,2-5,7-8H2,1H3;2-5H2,1H3;2*2H,1,3-5H2;2*1H4;4*1H/q+1;;;;;;;;;;/p-2/b;9-6+;;;;;;;;;.